The summed E-state index contributed by atoms with van der Waals surface area (Å²) in [4.78, 5) is 39.0. The van der Waals surface area contributed by atoms with Gasteiger partial charge in [-0.25, -0.2) is 14.4 Å². The molecule has 182 valence electrons. The monoisotopic (exact) mass is 493 g/mol. The molecule has 0 spiro atoms. The van der Waals surface area contributed by atoms with Gasteiger partial charge in [0.25, 0.3) is 11.8 Å². The minimum Gasteiger partial charge on any atom is -0.349 e. The van der Waals surface area contributed by atoms with Crippen LogP contribution in [0.4, 0.5) is 4.39 Å². The number of hydrogen-bond donors (Lipinski definition) is 3. The van der Waals surface area contributed by atoms with Crippen LogP contribution in [-0.2, 0) is 0 Å². The predicted molar refractivity (Wildman–Crippen MR) is 136 cm³/mol. The number of carbonyl (C=O) groups excluding carboxylic acids is 2. The molecule has 4 aromatic rings. The van der Waals surface area contributed by atoms with Crippen LogP contribution in [0.2, 0.25) is 0 Å². The maximum Gasteiger partial charge on any atom is 0.261 e. The minimum atomic E-state index is -0.319. The van der Waals surface area contributed by atoms with Gasteiger partial charge in [-0.3, -0.25) is 9.59 Å². The lowest BCUT2D eigenvalue weighted by Gasteiger charge is -2.27. The Hall–Kier alpha value is -3.59. The third-order valence-corrected chi connectivity index (χ3v) is 7.18. The van der Waals surface area contributed by atoms with Crippen LogP contribution < -0.4 is 10.6 Å². The molecule has 0 aliphatic rings. The molecule has 3 heterocycles. The van der Waals surface area contributed by atoms with E-state index in [9.17, 15) is 14.0 Å². The standard InChI is InChI=1S/C26H28FN5O2S/c1-14(16-6-8-17(27)9-7-16)30-25(34)21-11-10-20(35-21)19-13-29-23-22(32-19)18(12-28-23)24(33)31-15(2)26(3,4)5/h6-15H,1-5H3,(H,28,29)(H,30,34)(H,31,33)/t14?,15-/m0/s1. The smallest absolute Gasteiger partial charge is 0.261 e. The van der Waals surface area contributed by atoms with Crippen LogP contribution in [-0.4, -0.2) is 32.8 Å². The Bertz CT molecular complexity index is 1370. The van der Waals surface area contributed by atoms with Crippen molar-refractivity contribution in [3.05, 3.63) is 70.6 Å². The first-order valence-corrected chi connectivity index (χ1v) is 12.2. The summed E-state index contributed by atoms with van der Waals surface area (Å²) in [6.45, 7) is 10.0. The van der Waals surface area contributed by atoms with Gasteiger partial charge >= 0.3 is 0 Å². The summed E-state index contributed by atoms with van der Waals surface area (Å²) in [6.07, 6.45) is 3.23. The van der Waals surface area contributed by atoms with E-state index in [-0.39, 0.29) is 35.1 Å². The molecule has 9 heteroatoms. The fourth-order valence-electron chi connectivity index (χ4n) is 3.37. The summed E-state index contributed by atoms with van der Waals surface area (Å²) >= 11 is 1.29. The number of H-pyrrole nitrogens is 1. The molecule has 0 aliphatic heterocycles. The van der Waals surface area contributed by atoms with Crippen molar-refractivity contribution in [2.45, 2.75) is 46.7 Å². The summed E-state index contributed by atoms with van der Waals surface area (Å²) in [5.74, 6) is -0.767. The number of nitrogens with zero attached hydrogens (tertiary/aromatic N) is 2. The molecule has 7 nitrogen and oxygen atoms in total. The first-order valence-electron chi connectivity index (χ1n) is 11.3. The molecule has 0 saturated heterocycles. The van der Waals surface area contributed by atoms with Gasteiger partial charge in [-0.05, 0) is 49.1 Å². The SMILES string of the molecule is CC(NC(=O)c1ccc(-c2cnc3[nH]cc(C(=O)N[C@@H](C)C(C)(C)C)c3n2)s1)c1ccc(F)cc1. The van der Waals surface area contributed by atoms with Crippen molar-refractivity contribution >= 4 is 34.3 Å². The van der Waals surface area contributed by atoms with Gasteiger partial charge in [-0.15, -0.1) is 11.3 Å². The average Bonchev–Trinajstić information content (AvgIpc) is 3.46. The second kappa shape index (κ2) is 9.58. The highest BCUT2D eigenvalue weighted by atomic mass is 32.1. The first-order chi connectivity index (χ1) is 16.5. The van der Waals surface area contributed by atoms with Gasteiger partial charge in [0.15, 0.2) is 5.65 Å². The number of fused-ring (bicyclic) bond motifs is 1. The van der Waals surface area contributed by atoms with Gasteiger partial charge in [0.2, 0.25) is 0 Å². The molecule has 3 N–H and O–H groups in total. The second-order valence-electron chi connectivity index (χ2n) is 9.63. The number of thiophene rings is 1. The Labute approximate surface area is 207 Å². The fourth-order valence-corrected chi connectivity index (χ4v) is 4.24. The number of nitrogens with one attached hydrogen (secondary N) is 3. The van der Waals surface area contributed by atoms with Gasteiger partial charge in [0.1, 0.15) is 11.3 Å². The van der Waals surface area contributed by atoms with E-state index in [4.69, 9.17) is 0 Å². The third kappa shape index (κ3) is 5.40. The van der Waals surface area contributed by atoms with Crippen molar-refractivity contribution < 1.29 is 14.0 Å². The number of hydrogen-bond acceptors (Lipinski definition) is 5. The zero-order chi connectivity index (χ0) is 25.3. The Morgan fingerprint density at radius 1 is 1.03 bits per heavy atom. The molecule has 4 rings (SSSR count). The van der Waals surface area contributed by atoms with Crippen LogP contribution >= 0.6 is 11.3 Å². The Balaban J connectivity index is 1.53. The number of rotatable bonds is 6. The van der Waals surface area contributed by atoms with Gasteiger partial charge < -0.3 is 15.6 Å². The number of amides is 2. The van der Waals surface area contributed by atoms with Gasteiger partial charge in [0.05, 0.1) is 33.3 Å². The van der Waals surface area contributed by atoms with Crippen molar-refractivity contribution in [1.29, 1.82) is 0 Å². The van der Waals surface area contributed by atoms with Crippen LogP contribution in [0, 0.1) is 11.2 Å². The molecular weight excluding hydrogens is 465 g/mol. The fraction of sp³-hybridized carbons (Fsp3) is 0.308. The van der Waals surface area contributed by atoms with E-state index >= 15 is 0 Å². The molecular formula is C26H28FN5O2S. The molecule has 2 amide bonds. The lowest BCUT2D eigenvalue weighted by atomic mass is 9.88. The number of aromatic nitrogens is 3. The second-order valence-corrected chi connectivity index (χ2v) is 10.7. The summed E-state index contributed by atoms with van der Waals surface area (Å²) < 4.78 is 13.2. The van der Waals surface area contributed by atoms with Crippen molar-refractivity contribution in [1.82, 2.24) is 25.6 Å². The quantitative estimate of drug-likeness (QED) is 0.331. The van der Waals surface area contributed by atoms with Crippen molar-refractivity contribution in [2.24, 2.45) is 5.41 Å². The Morgan fingerprint density at radius 3 is 2.43 bits per heavy atom. The normalized spacial score (nSPS) is 13.4. The van der Waals surface area contributed by atoms with Crippen LogP contribution in [0.25, 0.3) is 21.7 Å². The van der Waals surface area contributed by atoms with Crippen LogP contribution in [0.3, 0.4) is 0 Å². The molecule has 0 fully saturated rings. The number of benzene rings is 1. The zero-order valence-electron chi connectivity index (χ0n) is 20.3. The van der Waals surface area contributed by atoms with E-state index < -0.39 is 0 Å². The molecule has 2 atom stereocenters. The Kier molecular flexibility index (Phi) is 6.71. The summed E-state index contributed by atoms with van der Waals surface area (Å²) in [5, 5.41) is 5.96. The lowest BCUT2D eigenvalue weighted by molar-refractivity contribution is 0.0910. The Morgan fingerprint density at radius 2 is 1.74 bits per heavy atom. The van der Waals surface area contributed by atoms with Crippen LogP contribution in [0.1, 0.15) is 66.3 Å². The van der Waals surface area contributed by atoms with E-state index in [1.54, 1.807) is 30.6 Å². The van der Waals surface area contributed by atoms with E-state index in [2.05, 4.69) is 46.4 Å². The van der Waals surface area contributed by atoms with E-state index in [1.165, 1.54) is 23.5 Å². The molecule has 1 aromatic carbocycles. The molecule has 0 saturated carbocycles. The zero-order valence-corrected chi connectivity index (χ0v) is 21.1. The number of aromatic amines is 1. The highest BCUT2D eigenvalue weighted by molar-refractivity contribution is 7.17. The molecule has 0 bridgehead atoms. The van der Waals surface area contributed by atoms with Crippen LogP contribution in [0.5, 0.6) is 0 Å². The average molecular weight is 494 g/mol. The minimum absolute atomic E-state index is 0.0354. The van der Waals surface area contributed by atoms with Gasteiger partial charge in [-0.1, -0.05) is 32.9 Å². The topological polar surface area (TPSA) is 99.8 Å². The largest absolute Gasteiger partial charge is 0.349 e. The lowest BCUT2D eigenvalue weighted by Crippen LogP contribution is -2.41. The van der Waals surface area contributed by atoms with E-state index in [1.807, 2.05) is 19.9 Å². The molecule has 3 aromatic heterocycles. The molecule has 0 aliphatic carbocycles. The highest BCUT2D eigenvalue weighted by Crippen LogP contribution is 2.29. The number of carbonyl (C=O) groups is 2. The molecule has 0 radical (unpaired) electrons. The highest BCUT2D eigenvalue weighted by Gasteiger charge is 2.24. The van der Waals surface area contributed by atoms with E-state index in [0.29, 0.717) is 27.3 Å². The van der Waals surface area contributed by atoms with Gasteiger partial charge in [0, 0.05) is 12.2 Å². The molecule has 1 unspecified atom stereocenters. The molecule has 35 heavy (non-hydrogen) atoms. The predicted octanol–water partition coefficient (Wildman–Crippen LogP) is 5.48. The first kappa shape index (κ1) is 24.5. The van der Waals surface area contributed by atoms with Crippen molar-refractivity contribution in [3.8, 4) is 10.6 Å². The summed E-state index contributed by atoms with van der Waals surface area (Å²) in [6, 6.07) is 9.27. The van der Waals surface area contributed by atoms with Gasteiger partial charge in [-0.2, -0.15) is 0 Å². The van der Waals surface area contributed by atoms with Crippen molar-refractivity contribution in [2.75, 3.05) is 0 Å². The summed E-state index contributed by atoms with van der Waals surface area (Å²) in [7, 11) is 0. The maximum atomic E-state index is 13.2. The summed E-state index contributed by atoms with van der Waals surface area (Å²) in [5.41, 5.74) is 2.72. The third-order valence-electron chi connectivity index (χ3n) is 6.07. The van der Waals surface area contributed by atoms with Crippen molar-refractivity contribution in [3.63, 3.8) is 0 Å². The van der Waals surface area contributed by atoms with E-state index in [0.717, 1.165) is 10.4 Å². The number of halogens is 1. The van der Waals surface area contributed by atoms with Crippen LogP contribution in [0.15, 0.2) is 48.8 Å². The maximum absolute atomic E-state index is 13.2.